The summed E-state index contributed by atoms with van der Waals surface area (Å²) in [5, 5.41) is 20.6. The van der Waals surface area contributed by atoms with Crippen molar-refractivity contribution in [1.82, 2.24) is 15.2 Å². The molecule has 0 radical (unpaired) electrons. The lowest BCUT2D eigenvalue weighted by atomic mass is 9.85. The third-order valence-corrected chi connectivity index (χ3v) is 9.73. The van der Waals surface area contributed by atoms with Crippen LogP contribution in [-0.2, 0) is 16.0 Å². The topological polar surface area (TPSA) is 96.3 Å². The van der Waals surface area contributed by atoms with E-state index in [4.69, 9.17) is 0 Å². The average molecular weight is 595 g/mol. The number of benzene rings is 2. The van der Waals surface area contributed by atoms with Gasteiger partial charge in [-0.25, -0.2) is 9.37 Å². The number of nitrogens with zero attached hydrogens (tertiary/aromatic N) is 4. The lowest BCUT2D eigenvalue weighted by molar-refractivity contribution is -0.117. The van der Waals surface area contributed by atoms with Crippen LogP contribution >= 0.6 is 34.4 Å². The Morgan fingerprint density at radius 3 is 2.33 bits per heavy atom. The number of Topliss-reactive ketones (excluding diaryl/α,β-unsaturated/α-hetero) is 1. The molecule has 1 aliphatic heterocycles. The summed E-state index contributed by atoms with van der Waals surface area (Å²) in [6, 6.07) is 13.0. The van der Waals surface area contributed by atoms with Crippen LogP contribution in [0, 0.1) is 19.7 Å². The number of carbonyl (C=O) groups excluding carboxylic acids is 2. The fourth-order valence-electron chi connectivity index (χ4n) is 4.46. The van der Waals surface area contributed by atoms with Gasteiger partial charge in [0.05, 0.1) is 27.2 Å². The van der Waals surface area contributed by atoms with Crippen LogP contribution in [0.25, 0.3) is 0 Å². The molecule has 1 aliphatic rings. The number of halogens is 1. The molecule has 0 bridgehead atoms. The van der Waals surface area contributed by atoms with E-state index >= 15 is 0 Å². The van der Waals surface area contributed by atoms with Gasteiger partial charge in [0, 0.05) is 5.75 Å². The van der Waals surface area contributed by atoms with Crippen LogP contribution in [0.15, 0.2) is 64.2 Å². The highest BCUT2D eigenvalue weighted by Gasteiger charge is 2.46. The zero-order valence-corrected chi connectivity index (χ0v) is 25.0. The third-order valence-electron chi connectivity index (χ3n) is 6.53. The van der Waals surface area contributed by atoms with Gasteiger partial charge < -0.3 is 5.11 Å². The van der Waals surface area contributed by atoms with E-state index in [-0.39, 0.29) is 21.9 Å². The molecule has 1 atom stereocenters. The van der Waals surface area contributed by atoms with Crippen molar-refractivity contribution in [3.63, 3.8) is 0 Å². The molecule has 4 aromatic rings. The summed E-state index contributed by atoms with van der Waals surface area (Å²) in [5.74, 6) is -1.51. The van der Waals surface area contributed by atoms with Crippen LogP contribution in [-0.4, -0.2) is 32.0 Å². The molecule has 2 aromatic heterocycles. The number of aliphatic hydroxyl groups is 1. The Labute approximate surface area is 243 Å². The first kappa shape index (κ1) is 28.1. The number of hydrogen-bond donors (Lipinski definition) is 1. The normalized spacial score (nSPS) is 15.8. The maximum Gasteiger partial charge on any atom is 0.296 e. The minimum absolute atomic E-state index is 0.00373. The molecule has 3 heterocycles. The minimum atomic E-state index is -0.890. The first-order valence-corrected chi connectivity index (χ1v) is 15.1. The van der Waals surface area contributed by atoms with E-state index in [0.29, 0.717) is 26.2 Å². The number of hydrogen-bond acceptors (Lipinski definition) is 9. The highest BCUT2D eigenvalue weighted by Crippen LogP contribution is 2.45. The molecule has 0 saturated carbocycles. The number of ketones is 1. The second-order valence-corrected chi connectivity index (χ2v) is 13.8. The fourth-order valence-corrected chi connectivity index (χ4v) is 7.16. The van der Waals surface area contributed by atoms with Gasteiger partial charge in [-0.15, -0.1) is 21.5 Å². The molecule has 7 nitrogen and oxygen atoms in total. The van der Waals surface area contributed by atoms with Crippen molar-refractivity contribution in [3.8, 4) is 0 Å². The predicted octanol–water partition coefficient (Wildman–Crippen LogP) is 7.12. The van der Waals surface area contributed by atoms with Gasteiger partial charge >= 0.3 is 0 Å². The van der Waals surface area contributed by atoms with Crippen molar-refractivity contribution in [3.05, 3.63) is 97.9 Å². The van der Waals surface area contributed by atoms with Crippen molar-refractivity contribution in [2.24, 2.45) is 0 Å². The van der Waals surface area contributed by atoms with E-state index in [9.17, 15) is 19.1 Å². The Kier molecular flexibility index (Phi) is 7.64. The van der Waals surface area contributed by atoms with Crippen molar-refractivity contribution in [2.75, 3.05) is 4.90 Å². The SMILES string of the molecule is Cc1nc(C)c(C(=O)C2=C(O)C(=O)N(c3nnc(SCc4ccc(F)cc4)s3)C2c2ccc(C(C)(C)C)cc2)s1. The smallest absolute Gasteiger partial charge is 0.296 e. The molecule has 11 heteroatoms. The number of aromatic nitrogens is 3. The quantitative estimate of drug-likeness (QED) is 0.138. The van der Waals surface area contributed by atoms with Gasteiger partial charge in [0.15, 0.2) is 10.1 Å². The minimum Gasteiger partial charge on any atom is -0.503 e. The van der Waals surface area contributed by atoms with Crippen molar-refractivity contribution >= 4 is 51.3 Å². The maximum absolute atomic E-state index is 13.8. The van der Waals surface area contributed by atoms with Crippen LogP contribution in [0.1, 0.15) is 63.9 Å². The van der Waals surface area contributed by atoms with E-state index < -0.39 is 23.5 Å². The summed E-state index contributed by atoms with van der Waals surface area (Å²) in [6.07, 6.45) is 0. The second kappa shape index (κ2) is 10.9. The Morgan fingerprint density at radius 1 is 1.05 bits per heavy atom. The first-order valence-electron chi connectivity index (χ1n) is 12.5. The highest BCUT2D eigenvalue weighted by atomic mass is 32.2. The van der Waals surface area contributed by atoms with Gasteiger partial charge in [0.1, 0.15) is 5.82 Å². The molecule has 1 N–H and O–H groups in total. The van der Waals surface area contributed by atoms with E-state index in [1.165, 1.54) is 51.5 Å². The number of aliphatic hydroxyl groups excluding tert-OH is 1. The van der Waals surface area contributed by atoms with E-state index in [1.807, 2.05) is 31.2 Å². The number of thiazole rings is 1. The second-order valence-electron chi connectivity index (χ2n) is 10.5. The first-order chi connectivity index (χ1) is 18.9. The monoisotopic (exact) mass is 594 g/mol. The Balaban J connectivity index is 1.52. The van der Waals surface area contributed by atoms with Crippen LogP contribution in [0.5, 0.6) is 0 Å². The van der Waals surface area contributed by atoms with Gasteiger partial charge in [0.2, 0.25) is 10.9 Å². The van der Waals surface area contributed by atoms with Crippen LogP contribution in [0.4, 0.5) is 9.52 Å². The van der Waals surface area contributed by atoms with Gasteiger partial charge in [0.25, 0.3) is 5.91 Å². The third kappa shape index (κ3) is 5.45. The molecule has 2 aromatic carbocycles. The lowest BCUT2D eigenvalue weighted by Gasteiger charge is -2.25. The van der Waals surface area contributed by atoms with Crippen LogP contribution < -0.4 is 4.90 Å². The Bertz CT molecular complexity index is 1620. The molecule has 206 valence electrons. The molecular formula is C29H27FN4O3S3. The molecule has 40 heavy (non-hydrogen) atoms. The molecule has 0 fully saturated rings. The molecule has 1 amide bonds. The summed E-state index contributed by atoms with van der Waals surface area (Å²) in [5.41, 5.74) is 3.14. The number of rotatable bonds is 7. The van der Waals surface area contributed by atoms with Crippen LogP contribution in [0.3, 0.4) is 0 Å². The summed E-state index contributed by atoms with van der Waals surface area (Å²) in [7, 11) is 0. The standard InChI is InChI=1S/C29H27FN4O3S3/c1-15-25(39-16(2)31-15)23(35)21-22(18-8-10-19(11-9-18)29(3,4)5)34(26(37)24(21)36)27-32-33-28(40-27)38-14-17-6-12-20(30)13-7-17/h6-13,22,36H,14H2,1-5H3. The Morgan fingerprint density at radius 2 is 1.73 bits per heavy atom. The lowest BCUT2D eigenvalue weighted by Crippen LogP contribution is -2.31. The van der Waals surface area contributed by atoms with Crippen LogP contribution in [0.2, 0.25) is 0 Å². The number of anilines is 1. The molecule has 0 aliphatic carbocycles. The summed E-state index contributed by atoms with van der Waals surface area (Å²) in [4.78, 5) is 33.4. The van der Waals surface area contributed by atoms with Gasteiger partial charge in [-0.1, -0.05) is 80.3 Å². The summed E-state index contributed by atoms with van der Waals surface area (Å²) >= 11 is 3.83. The fraction of sp³-hybridized carbons (Fsp3) is 0.276. The molecular weight excluding hydrogens is 568 g/mol. The van der Waals surface area contributed by atoms with Crippen molar-refractivity contribution in [2.45, 2.75) is 56.2 Å². The highest BCUT2D eigenvalue weighted by molar-refractivity contribution is 8.00. The summed E-state index contributed by atoms with van der Waals surface area (Å²) < 4.78 is 13.9. The molecule has 0 saturated heterocycles. The largest absolute Gasteiger partial charge is 0.503 e. The van der Waals surface area contributed by atoms with Crippen molar-refractivity contribution in [1.29, 1.82) is 0 Å². The van der Waals surface area contributed by atoms with E-state index in [2.05, 4.69) is 36.0 Å². The number of thioether (sulfide) groups is 1. The number of aryl methyl sites for hydroxylation is 2. The van der Waals surface area contributed by atoms with Crippen molar-refractivity contribution < 1.29 is 19.1 Å². The molecule has 5 rings (SSSR count). The molecule has 0 spiro atoms. The predicted molar refractivity (Wildman–Crippen MR) is 157 cm³/mol. The molecule has 1 unspecified atom stereocenters. The van der Waals surface area contributed by atoms with E-state index in [1.54, 1.807) is 19.1 Å². The number of carbonyl (C=O) groups is 2. The van der Waals surface area contributed by atoms with Gasteiger partial charge in [-0.3, -0.25) is 14.5 Å². The Hall–Kier alpha value is -3.41. The van der Waals surface area contributed by atoms with Gasteiger partial charge in [-0.2, -0.15) is 0 Å². The summed E-state index contributed by atoms with van der Waals surface area (Å²) in [6.45, 7) is 9.87. The maximum atomic E-state index is 13.8. The number of amides is 1. The van der Waals surface area contributed by atoms with Gasteiger partial charge in [-0.05, 0) is 48.1 Å². The van der Waals surface area contributed by atoms with E-state index in [0.717, 1.165) is 16.1 Å². The zero-order chi connectivity index (χ0) is 28.8. The zero-order valence-electron chi connectivity index (χ0n) is 22.6. The average Bonchev–Trinajstić information content (AvgIpc) is 3.58.